The summed E-state index contributed by atoms with van der Waals surface area (Å²) in [4.78, 5) is 9.29. The summed E-state index contributed by atoms with van der Waals surface area (Å²) >= 11 is 0. The molecule has 0 aromatic carbocycles. The highest BCUT2D eigenvalue weighted by molar-refractivity contribution is 5.22. The van der Waals surface area contributed by atoms with Crippen molar-refractivity contribution in [2.24, 2.45) is 0 Å². The molecule has 1 aromatic heterocycles. The lowest BCUT2D eigenvalue weighted by atomic mass is 9.99. The van der Waals surface area contributed by atoms with Gasteiger partial charge < -0.3 is 10.1 Å². The highest BCUT2D eigenvalue weighted by Crippen LogP contribution is 2.34. The van der Waals surface area contributed by atoms with Gasteiger partial charge in [0.15, 0.2) is 5.82 Å². The van der Waals surface area contributed by atoms with E-state index in [-0.39, 0.29) is 5.60 Å². The van der Waals surface area contributed by atoms with Gasteiger partial charge in [0.2, 0.25) is 0 Å². The number of nitrogens with zero attached hydrogens (tertiary/aromatic N) is 2. The fourth-order valence-corrected chi connectivity index (χ4v) is 2.46. The molecule has 1 N–H and O–H groups in total. The van der Waals surface area contributed by atoms with Crippen LogP contribution in [-0.2, 0) is 16.9 Å². The molecule has 100 valence electrons. The lowest BCUT2D eigenvalue weighted by molar-refractivity contribution is 0.00906. The van der Waals surface area contributed by atoms with Crippen LogP contribution in [0.5, 0.6) is 0 Å². The Kier molecular flexibility index (Phi) is 3.97. The molecule has 4 nitrogen and oxygen atoms in total. The van der Waals surface area contributed by atoms with Gasteiger partial charge >= 0.3 is 0 Å². The Labute approximate surface area is 109 Å². The molecular weight excluding hydrogens is 226 g/mol. The van der Waals surface area contributed by atoms with Gasteiger partial charge in [-0.05, 0) is 32.7 Å². The number of aromatic nitrogens is 2. The Balaban J connectivity index is 2.36. The van der Waals surface area contributed by atoms with Gasteiger partial charge in [0.25, 0.3) is 0 Å². The Bertz CT molecular complexity index is 412. The van der Waals surface area contributed by atoms with Gasteiger partial charge in [-0.25, -0.2) is 9.97 Å². The van der Waals surface area contributed by atoms with Crippen molar-refractivity contribution in [3.8, 4) is 0 Å². The van der Waals surface area contributed by atoms with E-state index in [1.54, 1.807) is 0 Å². The second-order valence-corrected chi connectivity index (χ2v) is 5.47. The molecule has 1 aliphatic rings. The second kappa shape index (κ2) is 5.33. The van der Waals surface area contributed by atoms with Crippen LogP contribution in [0.2, 0.25) is 0 Å². The monoisotopic (exact) mass is 249 g/mol. The molecule has 1 saturated heterocycles. The van der Waals surface area contributed by atoms with Crippen molar-refractivity contribution >= 4 is 0 Å². The summed E-state index contributed by atoms with van der Waals surface area (Å²) in [6.07, 6.45) is 4.05. The SMILES string of the molecule is CNCc1cnc(C2(C)CCCO2)nc1C(C)C. The third kappa shape index (κ3) is 2.54. The summed E-state index contributed by atoms with van der Waals surface area (Å²) in [5, 5.41) is 3.17. The van der Waals surface area contributed by atoms with Gasteiger partial charge in [-0.2, -0.15) is 0 Å². The van der Waals surface area contributed by atoms with Gasteiger partial charge in [0, 0.05) is 24.9 Å². The summed E-state index contributed by atoms with van der Waals surface area (Å²) in [7, 11) is 1.94. The Morgan fingerprint density at radius 3 is 2.83 bits per heavy atom. The first-order chi connectivity index (χ1) is 8.57. The van der Waals surface area contributed by atoms with Gasteiger partial charge in [-0.3, -0.25) is 0 Å². The maximum absolute atomic E-state index is 5.82. The average Bonchev–Trinajstić information content (AvgIpc) is 2.78. The second-order valence-electron chi connectivity index (χ2n) is 5.47. The summed E-state index contributed by atoms with van der Waals surface area (Å²) in [5.41, 5.74) is 2.02. The maximum atomic E-state index is 5.82. The lowest BCUT2D eigenvalue weighted by Gasteiger charge is -2.23. The zero-order chi connectivity index (χ0) is 13.2. The molecule has 2 heterocycles. The Morgan fingerprint density at radius 2 is 2.28 bits per heavy atom. The number of ether oxygens (including phenoxy) is 1. The van der Waals surface area contributed by atoms with Crippen LogP contribution in [0.25, 0.3) is 0 Å². The lowest BCUT2D eigenvalue weighted by Crippen LogP contribution is -2.25. The molecule has 4 heteroatoms. The fourth-order valence-electron chi connectivity index (χ4n) is 2.46. The maximum Gasteiger partial charge on any atom is 0.160 e. The minimum atomic E-state index is -0.290. The van der Waals surface area contributed by atoms with E-state index in [1.807, 2.05) is 13.2 Å². The van der Waals surface area contributed by atoms with E-state index in [4.69, 9.17) is 9.72 Å². The van der Waals surface area contributed by atoms with Crippen molar-refractivity contribution < 1.29 is 4.74 Å². The molecule has 1 atom stereocenters. The van der Waals surface area contributed by atoms with Crippen LogP contribution in [0.3, 0.4) is 0 Å². The minimum absolute atomic E-state index is 0.290. The average molecular weight is 249 g/mol. The molecule has 0 amide bonds. The zero-order valence-corrected chi connectivity index (χ0v) is 11.8. The number of rotatable bonds is 4. The molecule has 0 bridgehead atoms. The van der Waals surface area contributed by atoms with Gasteiger partial charge in [0.1, 0.15) is 5.60 Å². The van der Waals surface area contributed by atoms with Crippen LogP contribution in [0, 0.1) is 0 Å². The predicted molar refractivity (Wildman–Crippen MR) is 71.4 cm³/mol. The van der Waals surface area contributed by atoms with Gasteiger partial charge in [-0.1, -0.05) is 13.8 Å². The van der Waals surface area contributed by atoms with E-state index >= 15 is 0 Å². The van der Waals surface area contributed by atoms with Crippen LogP contribution >= 0.6 is 0 Å². The highest BCUT2D eigenvalue weighted by Gasteiger charge is 2.35. The van der Waals surface area contributed by atoms with Crippen molar-refractivity contribution in [1.29, 1.82) is 0 Å². The summed E-state index contributed by atoms with van der Waals surface area (Å²) < 4.78 is 5.82. The summed E-state index contributed by atoms with van der Waals surface area (Å²) in [6.45, 7) is 8.06. The van der Waals surface area contributed by atoms with Crippen molar-refractivity contribution in [2.45, 2.75) is 51.7 Å². The smallest absolute Gasteiger partial charge is 0.160 e. The van der Waals surface area contributed by atoms with Crippen molar-refractivity contribution in [3.05, 3.63) is 23.3 Å². The van der Waals surface area contributed by atoms with Crippen molar-refractivity contribution in [3.63, 3.8) is 0 Å². The summed E-state index contributed by atoms with van der Waals surface area (Å²) in [5.74, 6) is 1.24. The molecule has 0 radical (unpaired) electrons. The number of nitrogens with one attached hydrogen (secondary N) is 1. The molecule has 0 saturated carbocycles. The topological polar surface area (TPSA) is 47.0 Å². The molecule has 1 fully saturated rings. The first kappa shape index (κ1) is 13.4. The van der Waals surface area contributed by atoms with Crippen molar-refractivity contribution in [1.82, 2.24) is 15.3 Å². The fraction of sp³-hybridized carbons (Fsp3) is 0.714. The van der Waals surface area contributed by atoms with Crippen LogP contribution in [0.15, 0.2) is 6.20 Å². The number of hydrogen-bond acceptors (Lipinski definition) is 4. The molecule has 1 aromatic rings. The Morgan fingerprint density at radius 1 is 1.50 bits per heavy atom. The molecule has 18 heavy (non-hydrogen) atoms. The van der Waals surface area contributed by atoms with Gasteiger partial charge in [0.05, 0.1) is 5.69 Å². The van der Waals surface area contributed by atoms with Crippen LogP contribution < -0.4 is 5.32 Å². The van der Waals surface area contributed by atoms with E-state index in [0.717, 1.165) is 37.5 Å². The third-order valence-corrected chi connectivity index (χ3v) is 3.50. The molecular formula is C14H23N3O. The molecule has 0 spiro atoms. The summed E-state index contributed by atoms with van der Waals surface area (Å²) in [6, 6.07) is 0. The molecule has 1 aliphatic heterocycles. The van der Waals surface area contributed by atoms with Crippen LogP contribution in [-0.4, -0.2) is 23.6 Å². The molecule has 0 aliphatic carbocycles. The quantitative estimate of drug-likeness (QED) is 0.889. The van der Waals surface area contributed by atoms with Gasteiger partial charge in [-0.15, -0.1) is 0 Å². The molecule has 2 rings (SSSR count). The highest BCUT2D eigenvalue weighted by atomic mass is 16.5. The van der Waals surface area contributed by atoms with E-state index in [9.17, 15) is 0 Å². The normalized spacial score (nSPS) is 23.8. The Hall–Kier alpha value is -1.00. The van der Waals surface area contributed by atoms with Crippen LogP contribution in [0.1, 0.15) is 56.6 Å². The van der Waals surface area contributed by atoms with E-state index in [1.165, 1.54) is 5.56 Å². The largest absolute Gasteiger partial charge is 0.367 e. The number of hydrogen-bond donors (Lipinski definition) is 1. The molecule has 1 unspecified atom stereocenters. The first-order valence-corrected chi connectivity index (χ1v) is 6.71. The van der Waals surface area contributed by atoms with E-state index in [0.29, 0.717) is 5.92 Å². The van der Waals surface area contributed by atoms with Crippen molar-refractivity contribution in [2.75, 3.05) is 13.7 Å². The van der Waals surface area contributed by atoms with Crippen LogP contribution in [0.4, 0.5) is 0 Å². The zero-order valence-electron chi connectivity index (χ0n) is 11.8. The third-order valence-electron chi connectivity index (χ3n) is 3.50. The first-order valence-electron chi connectivity index (χ1n) is 6.71. The van der Waals surface area contributed by atoms with E-state index in [2.05, 4.69) is 31.1 Å². The standard InChI is InChI=1S/C14H23N3O/c1-10(2)12-11(8-15-4)9-16-13(17-12)14(3)6-5-7-18-14/h9-10,15H,5-8H2,1-4H3. The minimum Gasteiger partial charge on any atom is -0.367 e. The van der Waals surface area contributed by atoms with E-state index < -0.39 is 0 Å². The predicted octanol–water partition coefficient (Wildman–Crippen LogP) is 2.35.